The largest absolute Gasteiger partial charge is 0.454 e. The second kappa shape index (κ2) is 12.9. The zero-order valence-electron chi connectivity index (χ0n) is 19.7. The molecule has 0 aliphatic rings. The van der Waals surface area contributed by atoms with Crippen molar-refractivity contribution in [3.8, 4) is 0 Å². The minimum Gasteiger partial charge on any atom is -0.454 e. The van der Waals surface area contributed by atoms with Gasteiger partial charge in [0.1, 0.15) is 6.54 Å². The van der Waals surface area contributed by atoms with E-state index in [0.29, 0.717) is 26.1 Å². The first-order valence-electron chi connectivity index (χ1n) is 11.0. The summed E-state index contributed by atoms with van der Waals surface area (Å²) in [4.78, 5) is 36.0. The number of ether oxygens (including phenoxy) is 1. The maximum Gasteiger partial charge on any atom is 0.325 e. The maximum atomic E-state index is 12.5. The number of nitrogens with one attached hydrogen (secondary N) is 2. The Bertz CT molecular complexity index is 1100. The smallest absolute Gasteiger partial charge is 0.325 e. The molecule has 0 aliphatic heterocycles. The predicted molar refractivity (Wildman–Crippen MR) is 128 cm³/mol. The van der Waals surface area contributed by atoms with E-state index in [9.17, 15) is 22.8 Å². The molecule has 0 bridgehead atoms. The van der Waals surface area contributed by atoms with Gasteiger partial charge < -0.3 is 15.4 Å². The lowest BCUT2D eigenvalue weighted by Gasteiger charge is -2.18. The van der Waals surface area contributed by atoms with Crippen LogP contribution in [0.4, 0.5) is 0 Å². The average Bonchev–Trinajstić information content (AvgIpc) is 2.83. The Morgan fingerprint density at radius 3 is 2.21 bits per heavy atom. The number of aryl methyl sites for hydroxylation is 1. The number of carbonyl (C=O) groups is 3. The number of carbonyl (C=O) groups excluding carboxylic acids is 3. The molecule has 9 nitrogen and oxygen atoms in total. The number of benzene rings is 2. The van der Waals surface area contributed by atoms with Gasteiger partial charge in [-0.2, -0.15) is 4.31 Å². The zero-order chi connectivity index (χ0) is 25.1. The van der Waals surface area contributed by atoms with E-state index in [4.69, 9.17) is 4.74 Å². The molecule has 2 rings (SSSR count). The minimum atomic E-state index is -3.62. The monoisotopic (exact) mass is 489 g/mol. The van der Waals surface area contributed by atoms with Crippen molar-refractivity contribution in [2.24, 2.45) is 0 Å². The van der Waals surface area contributed by atoms with Crippen molar-refractivity contribution in [3.05, 3.63) is 65.2 Å². The molecule has 0 aliphatic carbocycles. The first-order chi connectivity index (χ1) is 16.2. The minimum absolute atomic E-state index is 0.0839. The van der Waals surface area contributed by atoms with Gasteiger partial charge in [-0.15, -0.1) is 0 Å². The van der Waals surface area contributed by atoms with Crippen molar-refractivity contribution in [1.82, 2.24) is 14.9 Å². The predicted octanol–water partition coefficient (Wildman–Crippen LogP) is 1.66. The fourth-order valence-electron chi connectivity index (χ4n) is 3.22. The Labute approximate surface area is 200 Å². The van der Waals surface area contributed by atoms with Gasteiger partial charge >= 0.3 is 5.97 Å². The molecule has 34 heavy (non-hydrogen) atoms. The molecule has 0 aromatic heterocycles. The van der Waals surface area contributed by atoms with E-state index >= 15 is 0 Å². The molecule has 2 aromatic carbocycles. The Balaban J connectivity index is 1.74. The van der Waals surface area contributed by atoms with Gasteiger partial charge in [0, 0.05) is 25.2 Å². The molecular formula is C24H31N3O6S. The summed E-state index contributed by atoms with van der Waals surface area (Å²) in [6, 6.07) is 13.3. The number of nitrogens with zero attached hydrogens (tertiary/aromatic N) is 1. The summed E-state index contributed by atoms with van der Waals surface area (Å²) in [6.45, 7) is 5.72. The van der Waals surface area contributed by atoms with Crippen molar-refractivity contribution in [2.75, 3.05) is 32.8 Å². The lowest BCUT2D eigenvalue weighted by atomic mass is 10.1. The average molecular weight is 490 g/mol. The summed E-state index contributed by atoms with van der Waals surface area (Å²) >= 11 is 0. The van der Waals surface area contributed by atoms with Gasteiger partial charge in [0.2, 0.25) is 10.0 Å². The molecule has 10 heteroatoms. The van der Waals surface area contributed by atoms with Crippen LogP contribution in [0.5, 0.6) is 0 Å². The van der Waals surface area contributed by atoms with E-state index < -0.39 is 41.0 Å². The van der Waals surface area contributed by atoms with E-state index in [1.165, 1.54) is 28.6 Å². The van der Waals surface area contributed by atoms with Crippen LogP contribution in [0.3, 0.4) is 0 Å². The van der Waals surface area contributed by atoms with Gasteiger partial charge in [0.05, 0.1) is 4.90 Å². The molecule has 0 saturated heterocycles. The zero-order valence-corrected chi connectivity index (χ0v) is 20.5. The Kier molecular flexibility index (Phi) is 10.2. The SMILES string of the molecule is CCN(CC)S(=O)(=O)c1ccc(C(=O)NCC(=O)OCC(=O)NCCc2ccccc2C)cc1. The summed E-state index contributed by atoms with van der Waals surface area (Å²) in [7, 11) is -3.62. The second-order valence-electron chi connectivity index (χ2n) is 7.48. The molecular weight excluding hydrogens is 458 g/mol. The number of sulfonamides is 1. The third kappa shape index (κ3) is 7.67. The van der Waals surface area contributed by atoms with E-state index in [1.54, 1.807) is 13.8 Å². The highest BCUT2D eigenvalue weighted by atomic mass is 32.2. The molecule has 184 valence electrons. The number of rotatable bonds is 12. The highest BCUT2D eigenvalue weighted by molar-refractivity contribution is 7.89. The lowest BCUT2D eigenvalue weighted by Crippen LogP contribution is -2.34. The van der Waals surface area contributed by atoms with Crippen LogP contribution in [0.2, 0.25) is 0 Å². The maximum absolute atomic E-state index is 12.5. The van der Waals surface area contributed by atoms with Crippen LogP contribution in [0.25, 0.3) is 0 Å². The summed E-state index contributed by atoms with van der Waals surface area (Å²) in [6.07, 6.45) is 0.664. The van der Waals surface area contributed by atoms with Crippen LogP contribution < -0.4 is 10.6 Å². The lowest BCUT2D eigenvalue weighted by molar-refractivity contribution is -0.147. The van der Waals surface area contributed by atoms with Crippen LogP contribution in [0.15, 0.2) is 53.4 Å². The standard InChI is InChI=1S/C24H31N3O6S/c1-4-27(5-2)34(31,32)21-12-10-20(11-13-21)24(30)26-16-23(29)33-17-22(28)25-15-14-19-9-7-6-8-18(19)3/h6-13H,4-5,14-17H2,1-3H3,(H,25,28)(H,26,30). The van der Waals surface area contributed by atoms with Gasteiger partial charge in [-0.3, -0.25) is 14.4 Å². The van der Waals surface area contributed by atoms with Crippen LogP contribution in [0, 0.1) is 6.92 Å². The van der Waals surface area contributed by atoms with Crippen molar-refractivity contribution >= 4 is 27.8 Å². The second-order valence-corrected chi connectivity index (χ2v) is 9.42. The number of amides is 2. The summed E-state index contributed by atoms with van der Waals surface area (Å²) in [5.74, 6) is -1.76. The van der Waals surface area contributed by atoms with E-state index in [1.807, 2.05) is 31.2 Å². The third-order valence-corrected chi connectivity index (χ3v) is 7.26. The van der Waals surface area contributed by atoms with Gasteiger partial charge in [0.25, 0.3) is 11.8 Å². The fraction of sp³-hybridized carbons (Fsp3) is 0.375. The summed E-state index contributed by atoms with van der Waals surface area (Å²) in [5.41, 5.74) is 2.46. The van der Waals surface area contributed by atoms with Crippen molar-refractivity contribution in [2.45, 2.75) is 32.1 Å². The van der Waals surface area contributed by atoms with E-state index in [-0.39, 0.29) is 10.5 Å². The molecule has 0 spiro atoms. The highest BCUT2D eigenvalue weighted by Crippen LogP contribution is 2.16. The number of esters is 1. The summed E-state index contributed by atoms with van der Waals surface area (Å²) < 4.78 is 31.2. The molecule has 0 saturated carbocycles. The van der Waals surface area contributed by atoms with Crippen molar-refractivity contribution < 1.29 is 27.5 Å². The van der Waals surface area contributed by atoms with Gasteiger partial charge in [-0.1, -0.05) is 38.1 Å². The van der Waals surface area contributed by atoms with Crippen LogP contribution in [0.1, 0.15) is 35.3 Å². The van der Waals surface area contributed by atoms with Crippen molar-refractivity contribution in [3.63, 3.8) is 0 Å². The molecule has 0 fully saturated rings. The van der Waals surface area contributed by atoms with Crippen LogP contribution in [-0.2, 0) is 30.8 Å². The molecule has 0 atom stereocenters. The molecule has 2 amide bonds. The van der Waals surface area contributed by atoms with E-state index in [0.717, 1.165) is 11.1 Å². The van der Waals surface area contributed by atoms with Crippen LogP contribution in [-0.4, -0.2) is 63.3 Å². The highest BCUT2D eigenvalue weighted by Gasteiger charge is 2.21. The Morgan fingerprint density at radius 2 is 1.59 bits per heavy atom. The third-order valence-electron chi connectivity index (χ3n) is 5.19. The molecule has 2 N–H and O–H groups in total. The topological polar surface area (TPSA) is 122 Å². The van der Waals surface area contributed by atoms with E-state index in [2.05, 4.69) is 10.6 Å². The molecule has 0 unspecified atom stereocenters. The van der Waals surface area contributed by atoms with Gasteiger partial charge in [-0.25, -0.2) is 8.42 Å². The molecule has 2 aromatic rings. The quantitative estimate of drug-likeness (QED) is 0.437. The molecule has 0 radical (unpaired) electrons. The van der Waals surface area contributed by atoms with Gasteiger partial charge in [0.15, 0.2) is 6.61 Å². The van der Waals surface area contributed by atoms with Gasteiger partial charge in [-0.05, 0) is 48.7 Å². The normalized spacial score (nSPS) is 11.2. The van der Waals surface area contributed by atoms with Crippen LogP contribution >= 0.6 is 0 Å². The number of hydrogen-bond donors (Lipinski definition) is 2. The molecule has 0 heterocycles. The number of hydrogen-bond acceptors (Lipinski definition) is 6. The van der Waals surface area contributed by atoms with Crippen molar-refractivity contribution in [1.29, 1.82) is 0 Å². The Hall–Kier alpha value is -3.24. The first kappa shape index (κ1) is 27.0. The Morgan fingerprint density at radius 1 is 0.941 bits per heavy atom. The first-order valence-corrected chi connectivity index (χ1v) is 12.5. The fourth-order valence-corrected chi connectivity index (χ4v) is 4.68. The summed E-state index contributed by atoms with van der Waals surface area (Å²) in [5, 5.41) is 5.07.